The van der Waals surface area contributed by atoms with Gasteiger partial charge in [0.05, 0.1) is 4.92 Å². The number of benzene rings is 1. The van der Waals surface area contributed by atoms with Crippen LogP contribution >= 0.6 is 12.4 Å². The van der Waals surface area contributed by atoms with E-state index in [1.54, 1.807) is 0 Å². The van der Waals surface area contributed by atoms with E-state index in [1.807, 2.05) is 0 Å². The van der Waals surface area contributed by atoms with Gasteiger partial charge >= 0.3 is 6.18 Å². The van der Waals surface area contributed by atoms with Crippen LogP contribution in [0.25, 0.3) is 11.0 Å². The van der Waals surface area contributed by atoms with Gasteiger partial charge in [0.25, 0.3) is 11.6 Å². The predicted octanol–water partition coefficient (Wildman–Crippen LogP) is 2.33. The van der Waals surface area contributed by atoms with Gasteiger partial charge in [-0.1, -0.05) is 0 Å². The zero-order chi connectivity index (χ0) is 19.6. The second-order valence-corrected chi connectivity index (χ2v) is 6.14. The fourth-order valence-electron chi connectivity index (χ4n) is 2.98. The number of piperazine rings is 1. The van der Waals surface area contributed by atoms with E-state index >= 15 is 0 Å². The summed E-state index contributed by atoms with van der Waals surface area (Å²) in [6.45, 7) is 0.744. The third-order valence-electron chi connectivity index (χ3n) is 4.36. The first-order chi connectivity index (χ1) is 12.8. The molecule has 28 heavy (non-hydrogen) atoms. The van der Waals surface area contributed by atoms with Crippen LogP contribution in [0.4, 0.5) is 18.9 Å². The molecule has 0 spiro atoms. The lowest BCUT2D eigenvalue weighted by Crippen LogP contribution is -2.57. The van der Waals surface area contributed by atoms with Crippen molar-refractivity contribution in [3.05, 3.63) is 40.1 Å². The molecule has 1 saturated heterocycles. The maximum Gasteiger partial charge on any atom is 0.405 e. The summed E-state index contributed by atoms with van der Waals surface area (Å²) in [5.41, 5.74) is 0.0614. The molecule has 0 bridgehead atoms. The van der Waals surface area contributed by atoms with E-state index in [0.29, 0.717) is 18.5 Å². The molecule has 0 saturated carbocycles. The quantitative estimate of drug-likeness (QED) is 0.566. The van der Waals surface area contributed by atoms with E-state index in [1.165, 1.54) is 29.2 Å². The van der Waals surface area contributed by atoms with E-state index in [-0.39, 0.29) is 42.5 Å². The van der Waals surface area contributed by atoms with Gasteiger partial charge in [0, 0.05) is 50.2 Å². The highest BCUT2D eigenvalue weighted by Gasteiger charge is 2.43. The van der Waals surface area contributed by atoms with Gasteiger partial charge < -0.3 is 15.1 Å². The molecule has 1 aromatic heterocycles. The van der Waals surface area contributed by atoms with Crippen LogP contribution in [0.1, 0.15) is 10.6 Å². The molecule has 2 N–H and O–H groups in total. The zero-order valence-corrected chi connectivity index (χ0v) is 15.3. The number of alkyl halides is 3. The van der Waals surface area contributed by atoms with E-state index in [2.05, 4.69) is 10.6 Å². The number of amides is 1. The number of non-ortho nitro benzene ring substituents is 1. The molecule has 1 fully saturated rings. The summed E-state index contributed by atoms with van der Waals surface area (Å²) in [6, 6.07) is 3.26. The second-order valence-electron chi connectivity index (χ2n) is 6.14. The highest BCUT2D eigenvalue weighted by molar-refractivity contribution is 5.96. The third kappa shape index (κ3) is 4.91. The summed E-state index contributed by atoms with van der Waals surface area (Å²) in [5, 5.41) is 16.3. The number of carbonyl (C=O) groups excluding carboxylic acids is 1. The summed E-state index contributed by atoms with van der Waals surface area (Å²) in [6.07, 6.45) is -4.49. The first kappa shape index (κ1) is 21.9. The number of rotatable bonds is 5. The van der Waals surface area contributed by atoms with Gasteiger partial charge in [0.2, 0.25) is 0 Å². The zero-order valence-electron chi connectivity index (χ0n) is 14.5. The fraction of sp³-hybridized carbons (Fsp3) is 0.438. The number of halogens is 4. The van der Waals surface area contributed by atoms with Crippen LogP contribution in [0.5, 0.6) is 0 Å². The predicted molar refractivity (Wildman–Crippen MR) is 96.7 cm³/mol. The van der Waals surface area contributed by atoms with Crippen molar-refractivity contribution in [2.24, 2.45) is 0 Å². The van der Waals surface area contributed by atoms with E-state index in [0.717, 1.165) is 0 Å². The van der Waals surface area contributed by atoms with Crippen molar-refractivity contribution in [1.29, 1.82) is 0 Å². The number of nitrogens with one attached hydrogen (secondary N) is 2. The molecular formula is C16H18ClF3N4O4. The Morgan fingerprint density at radius 1 is 1.32 bits per heavy atom. The summed E-state index contributed by atoms with van der Waals surface area (Å²) < 4.78 is 45.3. The molecule has 2 heterocycles. The van der Waals surface area contributed by atoms with Crippen LogP contribution in [0.3, 0.4) is 0 Å². The van der Waals surface area contributed by atoms with Gasteiger partial charge in [-0.15, -0.1) is 12.4 Å². The number of carbonyl (C=O) groups is 1. The second kappa shape index (κ2) is 8.76. The number of nitro benzene ring substituents is 1. The van der Waals surface area contributed by atoms with Crippen LogP contribution in [0.2, 0.25) is 0 Å². The van der Waals surface area contributed by atoms with Gasteiger partial charge in [0.15, 0.2) is 5.76 Å². The van der Waals surface area contributed by atoms with Crippen molar-refractivity contribution >= 4 is 35.0 Å². The molecule has 1 atom stereocenters. The van der Waals surface area contributed by atoms with Gasteiger partial charge in [-0.25, -0.2) is 0 Å². The standard InChI is InChI=1S/C16H17F3N4O4.ClH/c17-16(18,19)14(22-5-3-20-4-6-22)9-21-15(24)13-8-10-7-11(23(25)26)1-2-12(10)27-13;/h1-2,7-8,14,20H,3-6,9H2,(H,21,24);1H. The molecule has 0 aliphatic carbocycles. The van der Waals surface area contributed by atoms with E-state index in [9.17, 15) is 28.1 Å². The Balaban J connectivity index is 0.00000280. The molecule has 2 aromatic rings. The summed E-state index contributed by atoms with van der Waals surface area (Å²) in [7, 11) is 0. The first-order valence-corrected chi connectivity index (χ1v) is 8.23. The molecule has 1 aliphatic heterocycles. The number of furan rings is 1. The number of nitrogens with zero attached hydrogens (tertiary/aromatic N) is 2. The normalized spacial score (nSPS) is 16.4. The highest BCUT2D eigenvalue weighted by Crippen LogP contribution is 2.26. The maximum atomic E-state index is 13.3. The van der Waals surface area contributed by atoms with Crippen molar-refractivity contribution < 1.29 is 27.3 Å². The largest absolute Gasteiger partial charge is 0.451 e. The average Bonchev–Trinajstić information content (AvgIpc) is 3.04. The van der Waals surface area contributed by atoms with E-state index < -0.39 is 29.6 Å². The third-order valence-corrected chi connectivity index (χ3v) is 4.36. The SMILES string of the molecule is Cl.O=C(NCC(N1CCNCC1)C(F)(F)F)c1cc2cc([N+](=O)[O-])ccc2o1. The van der Waals surface area contributed by atoms with Crippen LogP contribution in [-0.2, 0) is 0 Å². The first-order valence-electron chi connectivity index (χ1n) is 8.23. The van der Waals surface area contributed by atoms with E-state index in [4.69, 9.17) is 4.42 Å². The fourth-order valence-corrected chi connectivity index (χ4v) is 2.98. The minimum Gasteiger partial charge on any atom is -0.451 e. The molecule has 1 aromatic carbocycles. The Morgan fingerprint density at radius 3 is 2.61 bits per heavy atom. The lowest BCUT2D eigenvalue weighted by Gasteiger charge is -2.35. The number of nitro groups is 1. The molecular weight excluding hydrogens is 405 g/mol. The maximum absolute atomic E-state index is 13.3. The Kier molecular flexibility index (Phi) is 6.86. The number of hydrogen-bond acceptors (Lipinski definition) is 6. The van der Waals surface area contributed by atoms with Crippen molar-refractivity contribution in [3.63, 3.8) is 0 Å². The van der Waals surface area contributed by atoms with Gasteiger partial charge in [-0.05, 0) is 12.1 Å². The van der Waals surface area contributed by atoms with Crippen LogP contribution in [0, 0.1) is 10.1 Å². The molecule has 12 heteroatoms. The molecule has 1 unspecified atom stereocenters. The van der Waals surface area contributed by atoms with Gasteiger partial charge in [0.1, 0.15) is 11.6 Å². The van der Waals surface area contributed by atoms with Crippen molar-refractivity contribution in [2.75, 3.05) is 32.7 Å². The lowest BCUT2D eigenvalue weighted by atomic mass is 10.2. The Bertz CT molecular complexity index is 852. The summed E-state index contributed by atoms with van der Waals surface area (Å²) in [4.78, 5) is 23.7. The lowest BCUT2D eigenvalue weighted by molar-refractivity contribution is -0.384. The summed E-state index contributed by atoms with van der Waals surface area (Å²) in [5.74, 6) is -1.01. The molecule has 154 valence electrons. The molecule has 1 amide bonds. The Labute approximate surface area is 163 Å². The summed E-state index contributed by atoms with van der Waals surface area (Å²) >= 11 is 0. The number of hydrogen-bond donors (Lipinski definition) is 2. The van der Waals surface area contributed by atoms with Crippen LogP contribution < -0.4 is 10.6 Å². The number of fused-ring (bicyclic) bond motifs is 1. The molecule has 8 nitrogen and oxygen atoms in total. The van der Waals surface area contributed by atoms with Gasteiger partial charge in [-0.2, -0.15) is 13.2 Å². The van der Waals surface area contributed by atoms with Crippen LogP contribution in [0.15, 0.2) is 28.7 Å². The topological polar surface area (TPSA) is 101 Å². The minimum atomic E-state index is -4.49. The monoisotopic (exact) mass is 422 g/mol. The van der Waals surface area contributed by atoms with Crippen molar-refractivity contribution in [2.45, 2.75) is 12.2 Å². The minimum absolute atomic E-state index is 0. The van der Waals surface area contributed by atoms with Crippen molar-refractivity contribution in [1.82, 2.24) is 15.5 Å². The average molecular weight is 423 g/mol. The molecule has 1 aliphatic rings. The van der Waals surface area contributed by atoms with Gasteiger partial charge in [-0.3, -0.25) is 19.8 Å². The van der Waals surface area contributed by atoms with Crippen molar-refractivity contribution in [3.8, 4) is 0 Å². The molecule has 0 radical (unpaired) electrons. The smallest absolute Gasteiger partial charge is 0.405 e. The Hall–Kier alpha value is -2.37. The highest BCUT2D eigenvalue weighted by atomic mass is 35.5. The molecule has 3 rings (SSSR count). The Morgan fingerprint density at radius 2 is 2.00 bits per heavy atom. The van der Waals surface area contributed by atoms with Crippen LogP contribution in [-0.4, -0.2) is 60.7 Å².